The van der Waals surface area contributed by atoms with Gasteiger partial charge in [0.15, 0.2) is 0 Å². The second-order valence-corrected chi connectivity index (χ2v) is 14.2. The highest BCUT2D eigenvalue weighted by Gasteiger charge is 2.19. The molecule has 11 rings (SSSR count). The van der Waals surface area contributed by atoms with Crippen molar-refractivity contribution in [2.45, 2.75) is 0 Å². The van der Waals surface area contributed by atoms with Crippen LogP contribution < -0.4 is 4.90 Å². The van der Waals surface area contributed by atoms with E-state index in [0.29, 0.717) is 0 Å². The van der Waals surface area contributed by atoms with E-state index in [0.717, 1.165) is 22.7 Å². The van der Waals surface area contributed by atoms with Crippen molar-refractivity contribution >= 4 is 82.0 Å². The van der Waals surface area contributed by atoms with Gasteiger partial charge in [0, 0.05) is 33.2 Å². The zero-order valence-electron chi connectivity index (χ0n) is 29.5. The first-order chi connectivity index (χ1) is 26.8. The Labute approximate surface area is 313 Å². The molecule has 2 nitrogen and oxygen atoms in total. The third-order valence-electron chi connectivity index (χ3n) is 11.1. The second kappa shape index (κ2) is 12.2. The van der Waals surface area contributed by atoms with Crippen LogP contribution in [0.15, 0.2) is 206 Å². The summed E-state index contributed by atoms with van der Waals surface area (Å²) in [7, 11) is 0. The third kappa shape index (κ3) is 4.81. The van der Waals surface area contributed by atoms with E-state index in [2.05, 4.69) is 216 Å². The van der Waals surface area contributed by atoms with Crippen LogP contribution in [0.25, 0.3) is 81.7 Å². The van der Waals surface area contributed by atoms with Crippen molar-refractivity contribution in [2.75, 3.05) is 4.90 Å². The van der Waals surface area contributed by atoms with Crippen molar-refractivity contribution in [3.8, 4) is 16.8 Å². The molecule has 0 aliphatic carbocycles. The molecular formula is C52H34N2. The van der Waals surface area contributed by atoms with Gasteiger partial charge in [0.05, 0.1) is 16.7 Å². The molecule has 0 radical (unpaired) electrons. The van der Waals surface area contributed by atoms with Gasteiger partial charge in [0.1, 0.15) is 0 Å². The first kappa shape index (κ1) is 30.5. The van der Waals surface area contributed by atoms with E-state index in [-0.39, 0.29) is 0 Å². The summed E-state index contributed by atoms with van der Waals surface area (Å²) >= 11 is 0. The largest absolute Gasteiger partial charge is 0.310 e. The Morgan fingerprint density at radius 3 is 1.44 bits per heavy atom. The minimum atomic E-state index is 1.10. The molecule has 0 aliphatic rings. The fraction of sp³-hybridized carbons (Fsp3) is 0. The quantitative estimate of drug-likeness (QED) is 0.164. The predicted octanol–water partition coefficient (Wildman–Crippen LogP) is 14.5. The first-order valence-electron chi connectivity index (χ1n) is 18.6. The van der Waals surface area contributed by atoms with Gasteiger partial charge in [-0.15, -0.1) is 0 Å². The summed E-state index contributed by atoms with van der Waals surface area (Å²) in [4.78, 5) is 2.42. The lowest BCUT2D eigenvalue weighted by molar-refractivity contribution is 1.17. The van der Waals surface area contributed by atoms with E-state index in [1.165, 1.54) is 76.0 Å². The van der Waals surface area contributed by atoms with Gasteiger partial charge in [-0.1, -0.05) is 146 Å². The van der Waals surface area contributed by atoms with Crippen molar-refractivity contribution in [3.05, 3.63) is 206 Å². The molecule has 0 fully saturated rings. The molecule has 0 unspecified atom stereocenters. The number of fused-ring (bicyclic) bond motifs is 9. The van der Waals surface area contributed by atoms with Gasteiger partial charge in [-0.25, -0.2) is 0 Å². The van der Waals surface area contributed by atoms with Gasteiger partial charge in [0.2, 0.25) is 0 Å². The maximum Gasteiger partial charge on any atom is 0.0546 e. The van der Waals surface area contributed by atoms with Gasteiger partial charge in [0.25, 0.3) is 0 Å². The summed E-state index contributed by atoms with van der Waals surface area (Å²) in [6.07, 6.45) is 0. The minimum Gasteiger partial charge on any atom is -0.310 e. The predicted molar refractivity (Wildman–Crippen MR) is 231 cm³/mol. The van der Waals surface area contributed by atoms with Crippen LogP contribution in [0.4, 0.5) is 17.1 Å². The van der Waals surface area contributed by atoms with Gasteiger partial charge in [-0.3, -0.25) is 0 Å². The lowest BCUT2D eigenvalue weighted by Gasteiger charge is -2.28. The highest BCUT2D eigenvalue weighted by atomic mass is 15.1. The van der Waals surface area contributed by atoms with E-state index in [1.54, 1.807) is 0 Å². The fourth-order valence-electron chi connectivity index (χ4n) is 8.59. The van der Waals surface area contributed by atoms with Gasteiger partial charge < -0.3 is 9.47 Å². The van der Waals surface area contributed by atoms with Crippen molar-refractivity contribution in [1.82, 2.24) is 4.57 Å². The molecule has 54 heavy (non-hydrogen) atoms. The Morgan fingerprint density at radius 1 is 0.296 bits per heavy atom. The zero-order valence-corrected chi connectivity index (χ0v) is 29.5. The third-order valence-corrected chi connectivity index (χ3v) is 11.1. The first-order valence-corrected chi connectivity index (χ1v) is 18.6. The van der Waals surface area contributed by atoms with Crippen LogP contribution in [-0.2, 0) is 0 Å². The Kier molecular flexibility index (Phi) is 6.90. The van der Waals surface area contributed by atoms with Crippen molar-refractivity contribution in [3.63, 3.8) is 0 Å². The molecule has 0 saturated carbocycles. The SMILES string of the molecule is c1ccc2c(c1)ccc1cc(-c3ccc(N(c4ccc(-n5c6ccccc6c6ccccc65)cc4)c4cc5ccccc5c5ccccc45)cc3)ccc12. The summed E-state index contributed by atoms with van der Waals surface area (Å²) in [5.74, 6) is 0. The number of hydrogen-bond acceptors (Lipinski definition) is 1. The van der Waals surface area contributed by atoms with Crippen LogP contribution >= 0.6 is 0 Å². The van der Waals surface area contributed by atoms with E-state index < -0.39 is 0 Å². The minimum absolute atomic E-state index is 1.10. The molecule has 0 bridgehead atoms. The van der Waals surface area contributed by atoms with Crippen molar-refractivity contribution in [2.24, 2.45) is 0 Å². The van der Waals surface area contributed by atoms with E-state index >= 15 is 0 Å². The Hall–Kier alpha value is -7.16. The molecule has 11 aromatic rings. The van der Waals surface area contributed by atoms with Crippen molar-refractivity contribution < 1.29 is 0 Å². The Balaban J connectivity index is 1.06. The summed E-state index contributed by atoms with van der Waals surface area (Å²) in [6.45, 7) is 0. The standard InChI is InChI=1S/C52H34N2/c1-3-13-43-36(11-1)21-22-39-33-37(25-32-45(39)43)35-23-26-40(27-24-35)53(52-34-38-12-2-4-14-44(38)46-15-5-6-16-47(46)52)41-28-30-42(31-29-41)54-50-19-9-7-17-48(50)49-18-8-10-20-51(49)54/h1-34H. The summed E-state index contributed by atoms with van der Waals surface area (Å²) < 4.78 is 2.38. The molecule has 0 spiro atoms. The second-order valence-electron chi connectivity index (χ2n) is 14.2. The van der Waals surface area contributed by atoms with Crippen LogP contribution in [-0.4, -0.2) is 4.57 Å². The zero-order chi connectivity index (χ0) is 35.6. The number of aromatic nitrogens is 1. The number of nitrogens with zero attached hydrogens (tertiary/aromatic N) is 2. The van der Waals surface area contributed by atoms with E-state index in [9.17, 15) is 0 Å². The smallest absolute Gasteiger partial charge is 0.0546 e. The Morgan fingerprint density at radius 2 is 0.759 bits per heavy atom. The molecule has 1 heterocycles. The monoisotopic (exact) mass is 686 g/mol. The number of para-hydroxylation sites is 2. The molecule has 0 N–H and O–H groups in total. The normalized spacial score (nSPS) is 11.7. The number of rotatable bonds is 5. The highest BCUT2D eigenvalue weighted by molar-refractivity contribution is 6.15. The van der Waals surface area contributed by atoms with Crippen LogP contribution in [0.1, 0.15) is 0 Å². The van der Waals surface area contributed by atoms with Gasteiger partial charge in [-0.05, 0) is 109 Å². The van der Waals surface area contributed by atoms with Crippen LogP contribution in [0, 0.1) is 0 Å². The van der Waals surface area contributed by atoms with Gasteiger partial charge in [-0.2, -0.15) is 0 Å². The topological polar surface area (TPSA) is 8.17 Å². The molecule has 10 aromatic carbocycles. The Bertz CT molecular complexity index is 3150. The highest BCUT2D eigenvalue weighted by Crippen LogP contribution is 2.43. The van der Waals surface area contributed by atoms with Crippen molar-refractivity contribution in [1.29, 1.82) is 0 Å². The maximum absolute atomic E-state index is 2.42. The van der Waals surface area contributed by atoms with Crippen LogP contribution in [0.2, 0.25) is 0 Å². The summed E-state index contributed by atoms with van der Waals surface area (Å²) in [6, 6.07) is 75.3. The van der Waals surface area contributed by atoms with E-state index in [1.807, 2.05) is 0 Å². The molecule has 2 heteroatoms. The molecular weight excluding hydrogens is 653 g/mol. The average Bonchev–Trinajstić information content (AvgIpc) is 3.58. The fourth-order valence-corrected chi connectivity index (χ4v) is 8.59. The summed E-state index contributed by atoms with van der Waals surface area (Å²) in [5, 5.41) is 12.6. The lowest BCUT2D eigenvalue weighted by Crippen LogP contribution is -2.11. The number of hydrogen-bond donors (Lipinski definition) is 0. The number of anilines is 3. The lowest BCUT2D eigenvalue weighted by atomic mass is 9.97. The molecule has 252 valence electrons. The average molecular weight is 687 g/mol. The van der Waals surface area contributed by atoms with Gasteiger partial charge >= 0.3 is 0 Å². The molecule has 0 saturated heterocycles. The molecule has 0 atom stereocenters. The number of benzene rings is 10. The van der Waals surface area contributed by atoms with E-state index in [4.69, 9.17) is 0 Å². The molecule has 0 aliphatic heterocycles. The molecule has 1 aromatic heterocycles. The maximum atomic E-state index is 2.42. The van der Waals surface area contributed by atoms with Crippen LogP contribution in [0.3, 0.4) is 0 Å². The molecule has 0 amide bonds. The van der Waals surface area contributed by atoms with Crippen LogP contribution in [0.5, 0.6) is 0 Å². The summed E-state index contributed by atoms with van der Waals surface area (Å²) in [5.41, 5.74) is 9.32.